The molecule has 2 aliphatic rings. The molecule has 4 heteroatoms. The minimum absolute atomic E-state index is 0.116. The van der Waals surface area contributed by atoms with Crippen LogP contribution < -0.4 is 5.32 Å². The minimum Gasteiger partial charge on any atom is -0.361 e. The van der Waals surface area contributed by atoms with Gasteiger partial charge in [0.15, 0.2) is 0 Å². The van der Waals surface area contributed by atoms with Crippen molar-refractivity contribution in [3.05, 3.63) is 17.0 Å². The number of hydrogen-bond donors (Lipinski definition) is 1. The Hall–Kier alpha value is -0.870. The summed E-state index contributed by atoms with van der Waals surface area (Å²) in [4.78, 5) is 2.50. The molecule has 0 aromatic carbocycles. The number of hydrogen-bond acceptors (Lipinski definition) is 4. The quantitative estimate of drug-likeness (QED) is 0.873. The van der Waals surface area contributed by atoms with Gasteiger partial charge in [-0.05, 0) is 40.7 Å². The molecular weight excluding hydrogens is 226 g/mol. The summed E-state index contributed by atoms with van der Waals surface area (Å²) < 4.78 is 5.56. The zero-order valence-corrected chi connectivity index (χ0v) is 11.8. The third kappa shape index (κ3) is 1.97. The topological polar surface area (TPSA) is 41.3 Å². The van der Waals surface area contributed by atoms with Gasteiger partial charge in [0.25, 0.3) is 0 Å². The Bertz CT molecular complexity index is 446. The van der Waals surface area contributed by atoms with Crippen LogP contribution in [-0.2, 0) is 13.0 Å². The zero-order valence-electron chi connectivity index (χ0n) is 11.8. The lowest BCUT2D eigenvalue weighted by Crippen LogP contribution is -2.37. The largest absolute Gasteiger partial charge is 0.361 e. The average Bonchev–Trinajstić information content (AvgIpc) is 2.76. The summed E-state index contributed by atoms with van der Waals surface area (Å²) >= 11 is 0. The van der Waals surface area contributed by atoms with Gasteiger partial charge in [-0.25, -0.2) is 0 Å². The summed E-state index contributed by atoms with van der Waals surface area (Å²) in [6, 6.07) is 1.20. The van der Waals surface area contributed by atoms with Crippen LogP contribution in [-0.4, -0.2) is 28.7 Å². The van der Waals surface area contributed by atoms with Gasteiger partial charge >= 0.3 is 0 Å². The highest BCUT2D eigenvalue weighted by Crippen LogP contribution is 2.43. The molecule has 3 rings (SSSR count). The number of rotatable bonds is 2. The first kappa shape index (κ1) is 12.2. The Balaban J connectivity index is 1.84. The van der Waals surface area contributed by atoms with E-state index in [1.54, 1.807) is 0 Å². The molecular formula is C14H23N3O. The van der Waals surface area contributed by atoms with Crippen LogP contribution in [0.4, 0.5) is 0 Å². The fraction of sp³-hybridized carbons (Fsp3) is 0.786. The van der Waals surface area contributed by atoms with Gasteiger partial charge in [-0.15, -0.1) is 0 Å². The molecule has 18 heavy (non-hydrogen) atoms. The highest BCUT2D eigenvalue weighted by Gasteiger charge is 2.41. The number of nitrogens with zero attached hydrogens (tertiary/aromatic N) is 2. The van der Waals surface area contributed by atoms with Gasteiger partial charge in [-0.2, -0.15) is 0 Å². The van der Waals surface area contributed by atoms with E-state index in [9.17, 15) is 0 Å². The maximum absolute atomic E-state index is 5.56. The van der Waals surface area contributed by atoms with Crippen LogP contribution in [0.2, 0.25) is 0 Å². The number of aromatic nitrogens is 1. The molecule has 0 radical (unpaired) electrons. The van der Waals surface area contributed by atoms with Gasteiger partial charge in [-0.1, -0.05) is 5.16 Å². The van der Waals surface area contributed by atoms with Crippen molar-refractivity contribution >= 4 is 0 Å². The Morgan fingerprint density at radius 3 is 2.89 bits per heavy atom. The van der Waals surface area contributed by atoms with Crippen molar-refractivity contribution in [3.63, 3.8) is 0 Å². The van der Waals surface area contributed by atoms with Crippen molar-refractivity contribution in [1.29, 1.82) is 0 Å². The van der Waals surface area contributed by atoms with E-state index < -0.39 is 0 Å². The van der Waals surface area contributed by atoms with Gasteiger partial charge < -0.3 is 9.84 Å². The number of fused-ring (bicyclic) bond motifs is 4. The fourth-order valence-corrected chi connectivity index (χ4v) is 3.19. The summed E-state index contributed by atoms with van der Waals surface area (Å²) in [5.41, 5.74) is 2.59. The van der Waals surface area contributed by atoms with Gasteiger partial charge in [0, 0.05) is 36.2 Å². The smallest absolute Gasteiger partial charge is 0.143 e. The summed E-state index contributed by atoms with van der Waals surface area (Å²) in [6.07, 6.45) is 3.57. The maximum Gasteiger partial charge on any atom is 0.143 e. The van der Waals surface area contributed by atoms with Crippen molar-refractivity contribution in [2.24, 2.45) is 0 Å². The second kappa shape index (κ2) is 4.07. The molecule has 2 atom stereocenters. The lowest BCUT2D eigenvalue weighted by molar-refractivity contribution is 0.206. The first-order valence-electron chi connectivity index (χ1n) is 6.90. The van der Waals surface area contributed by atoms with Crippen molar-refractivity contribution in [1.82, 2.24) is 15.4 Å². The average molecular weight is 249 g/mol. The minimum atomic E-state index is 0.116. The first-order valence-corrected chi connectivity index (χ1v) is 6.90. The molecule has 1 aromatic heterocycles. The van der Waals surface area contributed by atoms with Crippen LogP contribution in [0.15, 0.2) is 4.52 Å². The van der Waals surface area contributed by atoms with Crippen LogP contribution in [0.25, 0.3) is 0 Å². The number of nitrogens with one attached hydrogen (secondary N) is 1. The second-order valence-electron chi connectivity index (χ2n) is 6.69. The summed E-state index contributed by atoms with van der Waals surface area (Å²) in [6.45, 7) is 7.34. The normalized spacial score (nSPS) is 27.6. The van der Waals surface area contributed by atoms with Crippen molar-refractivity contribution < 1.29 is 4.52 Å². The van der Waals surface area contributed by atoms with Gasteiger partial charge in [-0.3, -0.25) is 4.90 Å². The first-order chi connectivity index (χ1) is 8.46. The Kier molecular flexibility index (Phi) is 2.75. The van der Waals surface area contributed by atoms with E-state index >= 15 is 0 Å². The van der Waals surface area contributed by atoms with Crippen LogP contribution in [0, 0.1) is 0 Å². The summed E-state index contributed by atoms with van der Waals surface area (Å²) in [7, 11) is 2.24. The van der Waals surface area contributed by atoms with Gasteiger partial charge in [0.2, 0.25) is 0 Å². The van der Waals surface area contributed by atoms with Crippen LogP contribution in [0.5, 0.6) is 0 Å². The van der Waals surface area contributed by atoms with E-state index in [4.69, 9.17) is 4.52 Å². The third-order valence-corrected chi connectivity index (χ3v) is 4.26. The Morgan fingerprint density at radius 1 is 1.39 bits per heavy atom. The summed E-state index contributed by atoms with van der Waals surface area (Å²) in [5.74, 6) is 1.13. The Labute approximate surface area is 109 Å². The van der Waals surface area contributed by atoms with Crippen molar-refractivity contribution in [3.8, 4) is 0 Å². The van der Waals surface area contributed by atoms with Gasteiger partial charge in [0.1, 0.15) is 11.5 Å². The van der Waals surface area contributed by atoms with E-state index in [0.29, 0.717) is 12.1 Å². The Morgan fingerprint density at radius 2 is 2.17 bits per heavy atom. The van der Waals surface area contributed by atoms with E-state index in [1.807, 2.05) is 0 Å². The van der Waals surface area contributed by atoms with E-state index in [-0.39, 0.29) is 5.54 Å². The molecule has 0 saturated carbocycles. The summed E-state index contributed by atoms with van der Waals surface area (Å²) in [5, 5.41) is 7.80. The van der Waals surface area contributed by atoms with Crippen LogP contribution in [0.3, 0.4) is 0 Å². The molecule has 2 aliphatic heterocycles. The fourth-order valence-electron chi connectivity index (χ4n) is 3.19. The molecule has 1 fully saturated rings. The molecule has 0 amide bonds. The molecule has 1 saturated heterocycles. The number of likely N-dealkylation sites (N-methyl/N-ethyl adjacent to an activating group) is 1. The molecule has 0 aliphatic carbocycles. The predicted molar refractivity (Wildman–Crippen MR) is 70.3 cm³/mol. The van der Waals surface area contributed by atoms with E-state index in [2.05, 4.69) is 43.2 Å². The standard InChI is InChI=1S/C14H23N3O/c1-14(2,3)15-8-10-13-11-6-5-9(17(11)4)7-12(13)18-16-10/h9,11,15H,5-8H2,1-4H3. The SMILES string of the molecule is CN1C2CCC1c1c(CNC(C)(C)C)noc1C2. The van der Waals surface area contributed by atoms with Gasteiger partial charge in [0.05, 0.1) is 0 Å². The maximum atomic E-state index is 5.56. The van der Waals surface area contributed by atoms with E-state index in [1.165, 1.54) is 18.4 Å². The molecule has 2 unspecified atom stereocenters. The van der Waals surface area contributed by atoms with Crippen LogP contribution in [0.1, 0.15) is 56.7 Å². The van der Waals surface area contributed by atoms with E-state index in [0.717, 1.165) is 24.4 Å². The highest BCUT2D eigenvalue weighted by molar-refractivity contribution is 5.32. The molecule has 4 nitrogen and oxygen atoms in total. The zero-order chi connectivity index (χ0) is 12.9. The second-order valence-corrected chi connectivity index (χ2v) is 6.69. The highest BCUT2D eigenvalue weighted by atomic mass is 16.5. The molecule has 100 valence electrons. The predicted octanol–water partition coefficient (Wildman–Crippen LogP) is 2.25. The monoisotopic (exact) mass is 249 g/mol. The molecule has 1 aromatic rings. The van der Waals surface area contributed by atoms with Crippen molar-refractivity contribution in [2.75, 3.05) is 7.05 Å². The van der Waals surface area contributed by atoms with Crippen molar-refractivity contribution in [2.45, 2.75) is 64.2 Å². The van der Waals surface area contributed by atoms with Crippen LogP contribution >= 0.6 is 0 Å². The molecule has 1 N–H and O–H groups in total. The molecule has 0 spiro atoms. The third-order valence-electron chi connectivity index (χ3n) is 4.26. The lowest BCUT2D eigenvalue weighted by Gasteiger charge is -2.30. The molecule has 2 bridgehead atoms. The lowest BCUT2D eigenvalue weighted by atomic mass is 9.98. The molecule has 3 heterocycles.